The topological polar surface area (TPSA) is 435 Å². The van der Waals surface area contributed by atoms with Gasteiger partial charge in [-0.1, -0.05) is 0 Å². The first-order valence-electron chi connectivity index (χ1n) is 19.4. The van der Waals surface area contributed by atoms with Crippen LogP contribution in [-0.2, 0) is 47.5 Å². The Morgan fingerprint density at radius 3 is 1.57 bits per heavy atom. The molecular formula is C34H60N2O25. The van der Waals surface area contributed by atoms with Gasteiger partial charge in [-0.05, 0) is 6.92 Å². The number of carbonyl (C=O) groups is 2. The van der Waals surface area contributed by atoms with Crippen molar-refractivity contribution in [3.8, 4) is 0 Å². The summed E-state index contributed by atoms with van der Waals surface area (Å²) in [5.41, 5.74) is 0. The molecule has 2 amide bonds. The summed E-state index contributed by atoms with van der Waals surface area (Å²) in [4.78, 5) is 24.7. The maximum absolute atomic E-state index is 12.7. The average Bonchev–Trinajstić information content (AvgIpc) is 3.22. The van der Waals surface area contributed by atoms with Crippen LogP contribution in [0.15, 0.2) is 0 Å². The molecule has 0 bridgehead atoms. The molecule has 61 heavy (non-hydrogen) atoms. The Balaban J connectivity index is 1.66. The Hall–Kier alpha value is -1.98. The van der Waals surface area contributed by atoms with Gasteiger partial charge in [0.1, 0.15) is 110 Å². The fourth-order valence-corrected chi connectivity index (χ4v) is 7.27. The van der Waals surface area contributed by atoms with Crippen molar-refractivity contribution in [3.63, 3.8) is 0 Å². The zero-order valence-electron chi connectivity index (χ0n) is 33.2. The summed E-state index contributed by atoms with van der Waals surface area (Å²) < 4.78 is 45.7. The van der Waals surface area contributed by atoms with E-state index in [0.717, 1.165) is 13.8 Å². The van der Waals surface area contributed by atoms with Gasteiger partial charge in [0.25, 0.3) is 0 Å². The minimum atomic E-state index is -2.21. The monoisotopic (exact) mass is 896 g/mol. The summed E-state index contributed by atoms with van der Waals surface area (Å²) in [6.45, 7) is -1.32. The van der Waals surface area contributed by atoms with E-state index in [9.17, 15) is 86.2 Å². The van der Waals surface area contributed by atoms with Gasteiger partial charge in [-0.3, -0.25) is 9.59 Å². The van der Waals surface area contributed by atoms with Crippen LogP contribution in [0.5, 0.6) is 0 Å². The molecule has 4 saturated heterocycles. The highest BCUT2D eigenvalue weighted by molar-refractivity contribution is 5.73. The number of rotatable bonds is 18. The zero-order chi connectivity index (χ0) is 45.6. The molecule has 0 radical (unpaired) electrons. The molecule has 0 aliphatic carbocycles. The SMILES string of the molecule is CC(=O)N[C@H]1[C@H](OC[C@@H](O)[C@H](O)[C@H](O[C@@H]2O[C@H](CO)[C@H](O)[C@H](O)[C@H]2O)[C@H](CO)NC(C)=O)O[C@H](CO)[C@@H](O[C@H]2O[C@H](C)[C@H](O)[C@H](O)[C@H]2O)[C@@H]1O[C@@H]1O[C@H](CO)[C@H](O)[C@H](O)[C@H]1O. The van der Waals surface area contributed by atoms with Crippen molar-refractivity contribution in [1.29, 1.82) is 0 Å². The molecule has 0 aromatic rings. The number of ether oxygens (including phenoxy) is 8. The second kappa shape index (κ2) is 22.8. The Labute approximate surface area is 347 Å². The van der Waals surface area contributed by atoms with Crippen LogP contribution < -0.4 is 10.6 Å². The predicted octanol–water partition coefficient (Wildman–Crippen LogP) is -11.0. The molecular weight excluding hydrogens is 836 g/mol. The molecule has 24 atom stereocenters. The first kappa shape index (κ1) is 51.7. The Kier molecular flexibility index (Phi) is 19.3. The normalized spacial score (nSPS) is 44.1. The summed E-state index contributed by atoms with van der Waals surface area (Å²) in [7, 11) is 0. The molecule has 4 aliphatic rings. The molecule has 0 aromatic carbocycles. The number of aliphatic hydroxyl groups excluding tert-OH is 15. The molecule has 4 heterocycles. The van der Waals surface area contributed by atoms with Crippen LogP contribution in [0.2, 0.25) is 0 Å². The minimum absolute atomic E-state index is 0.767. The first-order chi connectivity index (χ1) is 28.7. The Morgan fingerprint density at radius 2 is 1.07 bits per heavy atom. The van der Waals surface area contributed by atoms with Crippen molar-refractivity contribution in [1.82, 2.24) is 10.6 Å². The van der Waals surface area contributed by atoms with E-state index < -0.39 is 192 Å². The average molecular weight is 897 g/mol. The Bertz CT molecular complexity index is 1370. The number of hydrogen-bond acceptors (Lipinski definition) is 25. The van der Waals surface area contributed by atoms with Gasteiger partial charge in [0.05, 0.1) is 45.2 Å². The van der Waals surface area contributed by atoms with Gasteiger partial charge in [0.2, 0.25) is 11.8 Å². The van der Waals surface area contributed by atoms with Crippen LogP contribution in [-0.4, -0.2) is 269 Å². The number of amides is 2. The maximum atomic E-state index is 12.7. The molecule has 17 N–H and O–H groups in total. The summed E-state index contributed by atoms with van der Waals surface area (Å²) in [6, 6.07) is -3.25. The smallest absolute Gasteiger partial charge is 0.217 e. The summed E-state index contributed by atoms with van der Waals surface area (Å²) in [6.07, 6.45) is -40.1. The van der Waals surface area contributed by atoms with E-state index in [4.69, 9.17) is 37.9 Å². The van der Waals surface area contributed by atoms with Crippen LogP contribution >= 0.6 is 0 Å². The number of nitrogens with one attached hydrogen (secondary N) is 2. The number of carbonyl (C=O) groups excluding carboxylic acids is 2. The number of aliphatic hydroxyl groups is 15. The highest BCUT2D eigenvalue weighted by Gasteiger charge is 2.55. The third kappa shape index (κ3) is 12.0. The quantitative estimate of drug-likeness (QED) is 0.0607. The van der Waals surface area contributed by atoms with E-state index in [1.54, 1.807) is 0 Å². The van der Waals surface area contributed by atoms with Gasteiger partial charge in [0.15, 0.2) is 25.2 Å². The van der Waals surface area contributed by atoms with Crippen molar-refractivity contribution in [3.05, 3.63) is 0 Å². The number of hydrogen-bond donors (Lipinski definition) is 17. The van der Waals surface area contributed by atoms with Crippen molar-refractivity contribution in [2.75, 3.05) is 33.0 Å². The predicted molar refractivity (Wildman–Crippen MR) is 191 cm³/mol. The van der Waals surface area contributed by atoms with Gasteiger partial charge in [-0.25, -0.2) is 0 Å². The molecule has 27 nitrogen and oxygen atoms in total. The minimum Gasteiger partial charge on any atom is -0.394 e. The van der Waals surface area contributed by atoms with Crippen LogP contribution in [0.1, 0.15) is 20.8 Å². The highest BCUT2D eigenvalue weighted by Crippen LogP contribution is 2.34. The molecule has 0 unspecified atom stereocenters. The van der Waals surface area contributed by atoms with E-state index in [-0.39, 0.29) is 0 Å². The van der Waals surface area contributed by atoms with E-state index in [1.165, 1.54) is 6.92 Å². The van der Waals surface area contributed by atoms with Crippen molar-refractivity contribution in [2.24, 2.45) is 0 Å². The van der Waals surface area contributed by atoms with Crippen LogP contribution in [0.3, 0.4) is 0 Å². The second-order valence-electron chi connectivity index (χ2n) is 15.2. The molecule has 4 aliphatic heterocycles. The van der Waals surface area contributed by atoms with E-state index in [0.29, 0.717) is 0 Å². The summed E-state index contributed by atoms with van der Waals surface area (Å²) >= 11 is 0. The third-order valence-corrected chi connectivity index (χ3v) is 10.7. The zero-order valence-corrected chi connectivity index (χ0v) is 33.2. The van der Waals surface area contributed by atoms with Gasteiger partial charge in [-0.2, -0.15) is 0 Å². The van der Waals surface area contributed by atoms with Crippen molar-refractivity contribution < 1.29 is 124 Å². The molecule has 0 aromatic heterocycles. The second-order valence-corrected chi connectivity index (χ2v) is 15.2. The fraction of sp³-hybridized carbons (Fsp3) is 0.941. The van der Waals surface area contributed by atoms with Crippen LogP contribution in [0, 0.1) is 0 Å². The standard InChI is InChI=1S/C34H60N2O25/c1-9-18(44)22(48)25(51)32(55-9)60-29-16(7-40)58-31(17(36-11(3)42)30(29)61-34-27(53)24(50)21(47)15(6-39)57-34)54-8-13(43)19(45)28(12(4-37)35-10(2)41)59-33-26(52)23(49)20(46)14(5-38)56-33/h9,12-34,37-40,43-53H,4-8H2,1-3H3,(H,35,41)(H,36,42)/t9-,12+,13-,14-,15-,16-,17-,18+,19+,20+,21+,22+,23+,24+,25-,26-,27-,28-,29-,30-,31-,32-,33+,34+/m1/s1. The van der Waals surface area contributed by atoms with Gasteiger partial charge in [-0.15, -0.1) is 0 Å². The molecule has 27 heteroatoms. The van der Waals surface area contributed by atoms with E-state index >= 15 is 0 Å². The van der Waals surface area contributed by atoms with Gasteiger partial charge in [0, 0.05) is 13.8 Å². The molecule has 4 fully saturated rings. The molecule has 0 spiro atoms. The van der Waals surface area contributed by atoms with Crippen LogP contribution in [0.25, 0.3) is 0 Å². The van der Waals surface area contributed by atoms with Crippen molar-refractivity contribution >= 4 is 11.8 Å². The third-order valence-electron chi connectivity index (χ3n) is 10.7. The van der Waals surface area contributed by atoms with E-state index in [2.05, 4.69) is 10.6 Å². The van der Waals surface area contributed by atoms with Gasteiger partial charge >= 0.3 is 0 Å². The molecule has 356 valence electrons. The lowest BCUT2D eigenvalue weighted by molar-refractivity contribution is -0.374. The maximum Gasteiger partial charge on any atom is 0.217 e. The largest absolute Gasteiger partial charge is 0.394 e. The summed E-state index contributed by atoms with van der Waals surface area (Å²) in [5.74, 6) is -1.58. The molecule has 0 saturated carbocycles. The lowest BCUT2D eigenvalue weighted by Crippen LogP contribution is -2.70. The summed E-state index contributed by atoms with van der Waals surface area (Å²) in [5, 5.41) is 162. The lowest BCUT2D eigenvalue weighted by atomic mass is 9.94. The highest BCUT2D eigenvalue weighted by atomic mass is 16.8. The molecule has 4 rings (SSSR count). The first-order valence-corrected chi connectivity index (χ1v) is 19.4. The lowest BCUT2D eigenvalue weighted by Gasteiger charge is -2.50. The van der Waals surface area contributed by atoms with E-state index in [1.807, 2.05) is 0 Å². The fourth-order valence-electron chi connectivity index (χ4n) is 7.27. The van der Waals surface area contributed by atoms with Crippen LogP contribution in [0.4, 0.5) is 0 Å². The van der Waals surface area contributed by atoms with Gasteiger partial charge < -0.3 is 125 Å². The van der Waals surface area contributed by atoms with Crippen molar-refractivity contribution in [2.45, 2.75) is 168 Å². The Morgan fingerprint density at radius 1 is 0.590 bits per heavy atom.